The highest BCUT2D eigenvalue weighted by Crippen LogP contribution is 2.36. The van der Waals surface area contributed by atoms with Crippen molar-refractivity contribution >= 4 is 29.0 Å². The Hall–Kier alpha value is -4.51. The van der Waals surface area contributed by atoms with Crippen molar-refractivity contribution in [2.45, 2.75) is 44.6 Å². The van der Waals surface area contributed by atoms with Crippen LogP contribution in [0, 0.1) is 6.92 Å². The molecule has 0 radical (unpaired) electrons. The van der Waals surface area contributed by atoms with E-state index < -0.39 is 5.97 Å². The number of carbonyl (C=O) groups excluding carboxylic acids is 1. The lowest BCUT2D eigenvalue weighted by molar-refractivity contribution is 0.0690. The van der Waals surface area contributed by atoms with Gasteiger partial charge >= 0.3 is 5.97 Å². The van der Waals surface area contributed by atoms with Crippen molar-refractivity contribution in [2.24, 2.45) is 0 Å². The Labute approximate surface area is 244 Å². The molecule has 2 N–H and O–H groups in total. The van der Waals surface area contributed by atoms with E-state index >= 15 is 0 Å². The zero-order valence-corrected chi connectivity index (χ0v) is 23.9. The molecule has 1 aromatic carbocycles. The predicted octanol–water partition coefficient (Wildman–Crippen LogP) is 3.67. The van der Waals surface area contributed by atoms with Crippen LogP contribution in [0.2, 0.25) is 0 Å². The van der Waals surface area contributed by atoms with E-state index in [1.54, 1.807) is 16.6 Å². The number of anilines is 2. The van der Waals surface area contributed by atoms with Crippen LogP contribution in [0.3, 0.4) is 0 Å². The molecule has 4 aromatic rings. The number of aromatic carboxylic acids is 1. The van der Waals surface area contributed by atoms with Crippen molar-refractivity contribution in [3.8, 4) is 0 Å². The monoisotopic (exact) mass is 569 g/mol. The van der Waals surface area contributed by atoms with Crippen LogP contribution < -0.4 is 15.1 Å². The third kappa shape index (κ3) is 5.64. The number of carboxylic acids is 1. The highest BCUT2D eigenvalue weighted by Gasteiger charge is 2.35. The lowest BCUT2D eigenvalue weighted by Crippen LogP contribution is -2.42. The van der Waals surface area contributed by atoms with E-state index in [1.165, 1.54) is 11.6 Å². The van der Waals surface area contributed by atoms with Crippen LogP contribution in [0.1, 0.15) is 58.4 Å². The van der Waals surface area contributed by atoms with E-state index in [9.17, 15) is 14.7 Å². The summed E-state index contributed by atoms with van der Waals surface area (Å²) in [7, 11) is 0. The molecule has 0 aliphatic carbocycles. The van der Waals surface area contributed by atoms with E-state index in [0.29, 0.717) is 31.0 Å². The first-order valence-electron chi connectivity index (χ1n) is 14.3. The summed E-state index contributed by atoms with van der Waals surface area (Å²) in [4.78, 5) is 37.5. The maximum absolute atomic E-state index is 13.2. The third-order valence-electron chi connectivity index (χ3n) is 8.27. The highest BCUT2D eigenvalue weighted by molar-refractivity contribution is 5.91. The minimum absolute atomic E-state index is 0.00639. The summed E-state index contributed by atoms with van der Waals surface area (Å²) in [5.74, 6) is -0.718. The molecular formula is C31H35N7O4. The first-order chi connectivity index (χ1) is 20.3. The van der Waals surface area contributed by atoms with Crippen LogP contribution in [-0.4, -0.2) is 75.6 Å². The number of amides is 1. The number of pyridine rings is 2. The van der Waals surface area contributed by atoms with Crippen molar-refractivity contribution in [1.29, 1.82) is 0 Å². The quantitative estimate of drug-likeness (QED) is 0.358. The smallest absolute Gasteiger partial charge is 0.354 e. The molecule has 2 aliphatic heterocycles. The average Bonchev–Trinajstić information content (AvgIpc) is 3.60. The second-order valence-corrected chi connectivity index (χ2v) is 11.4. The topological polar surface area (TPSA) is 125 Å². The number of nitrogens with one attached hydrogen (secondary N) is 1. The summed E-state index contributed by atoms with van der Waals surface area (Å²) < 4.78 is 7.57. The van der Waals surface area contributed by atoms with Gasteiger partial charge in [0.2, 0.25) is 5.82 Å². The zero-order valence-electron chi connectivity index (χ0n) is 23.9. The van der Waals surface area contributed by atoms with Gasteiger partial charge in [0.1, 0.15) is 12.5 Å². The van der Waals surface area contributed by atoms with Gasteiger partial charge in [0.15, 0.2) is 11.3 Å². The van der Waals surface area contributed by atoms with E-state index in [1.807, 2.05) is 18.0 Å². The van der Waals surface area contributed by atoms with Gasteiger partial charge < -0.3 is 25.0 Å². The Morgan fingerprint density at radius 1 is 1.07 bits per heavy atom. The van der Waals surface area contributed by atoms with Gasteiger partial charge in [0.25, 0.3) is 5.91 Å². The minimum atomic E-state index is -1.07. The molecule has 1 unspecified atom stereocenters. The molecule has 2 fully saturated rings. The summed E-state index contributed by atoms with van der Waals surface area (Å²) in [6.07, 6.45) is 4.48. The minimum Gasteiger partial charge on any atom is -0.477 e. The first kappa shape index (κ1) is 27.6. The molecule has 2 aliphatic rings. The van der Waals surface area contributed by atoms with Crippen LogP contribution in [0.25, 0.3) is 5.65 Å². The Kier molecular flexibility index (Phi) is 7.51. The molecule has 0 spiro atoms. The Morgan fingerprint density at radius 3 is 2.71 bits per heavy atom. The van der Waals surface area contributed by atoms with Crippen LogP contribution in [0.15, 0.2) is 60.8 Å². The molecule has 0 bridgehead atoms. The second kappa shape index (κ2) is 11.4. The summed E-state index contributed by atoms with van der Waals surface area (Å²) >= 11 is 0. The summed E-state index contributed by atoms with van der Waals surface area (Å²) in [5.41, 5.74) is 4.11. The number of nitrogens with zero attached hydrogens (tertiary/aromatic N) is 6. The van der Waals surface area contributed by atoms with Gasteiger partial charge in [-0.2, -0.15) is 0 Å². The van der Waals surface area contributed by atoms with Crippen molar-refractivity contribution in [1.82, 2.24) is 24.9 Å². The van der Waals surface area contributed by atoms with Gasteiger partial charge in [-0.15, -0.1) is 5.10 Å². The van der Waals surface area contributed by atoms with Crippen LogP contribution in [0.5, 0.6) is 0 Å². The van der Waals surface area contributed by atoms with Gasteiger partial charge in [0, 0.05) is 25.0 Å². The van der Waals surface area contributed by atoms with Crippen molar-refractivity contribution in [3.05, 3.63) is 83.4 Å². The summed E-state index contributed by atoms with van der Waals surface area (Å²) in [6.45, 7) is 7.34. The standard InChI is InChI=1S/C31H35N7O4/c1-21-16-24(36-15-13-31(2,19-36)22-8-4-3-5-9-22)17-38-28(21)34-27(35-38)29(39)32-23-10-7-14-37(20-42-18-23)26-12-6-11-25(33-26)30(40)41/h3-6,8-9,11-12,16-17,23H,7,10,13-15,18-20H2,1-2H3,(H,32,39)(H,40,41)/t23?,31-/m0/s1. The molecule has 1 amide bonds. The number of aryl methyl sites for hydroxylation is 1. The normalized spacial score (nSPS) is 21.2. The number of aromatic nitrogens is 4. The number of hydrogen-bond acceptors (Lipinski definition) is 8. The lowest BCUT2D eigenvalue weighted by atomic mass is 9.82. The van der Waals surface area contributed by atoms with Crippen molar-refractivity contribution in [2.75, 3.05) is 42.8 Å². The number of ether oxygens (including phenoxy) is 1. The van der Waals surface area contributed by atoms with Crippen LogP contribution in [0.4, 0.5) is 11.5 Å². The fourth-order valence-corrected chi connectivity index (χ4v) is 5.90. The number of benzene rings is 1. The fraction of sp³-hybridized carbons (Fsp3) is 0.387. The number of rotatable bonds is 6. The van der Waals surface area contributed by atoms with Gasteiger partial charge in [0.05, 0.1) is 24.5 Å². The van der Waals surface area contributed by atoms with Crippen LogP contribution in [-0.2, 0) is 10.2 Å². The maximum atomic E-state index is 13.2. The zero-order chi connectivity index (χ0) is 29.3. The molecule has 0 saturated carbocycles. The van der Waals surface area contributed by atoms with Crippen LogP contribution >= 0.6 is 0 Å². The van der Waals surface area contributed by atoms with E-state index in [4.69, 9.17) is 4.74 Å². The average molecular weight is 570 g/mol. The Bertz CT molecular complexity index is 1600. The molecular weight excluding hydrogens is 534 g/mol. The maximum Gasteiger partial charge on any atom is 0.354 e. The molecule has 2 atom stereocenters. The summed E-state index contributed by atoms with van der Waals surface area (Å²) in [5, 5.41) is 16.8. The largest absolute Gasteiger partial charge is 0.477 e. The Morgan fingerprint density at radius 2 is 1.90 bits per heavy atom. The number of carbonyl (C=O) groups is 2. The van der Waals surface area contributed by atoms with Gasteiger partial charge in [-0.05, 0) is 55.5 Å². The molecule has 42 heavy (non-hydrogen) atoms. The molecule has 5 heterocycles. The van der Waals surface area contributed by atoms with Gasteiger partial charge in [-0.3, -0.25) is 4.79 Å². The fourth-order valence-electron chi connectivity index (χ4n) is 5.90. The van der Waals surface area contributed by atoms with Crippen molar-refractivity contribution in [3.63, 3.8) is 0 Å². The molecule has 6 rings (SSSR count). The SMILES string of the molecule is Cc1cc(N2CC[C@](C)(c3ccccc3)C2)cn2nc(C(=O)NC3CCCN(c4cccc(C(=O)O)n4)COC3)nc12. The Balaban J connectivity index is 1.10. The second-order valence-electron chi connectivity index (χ2n) is 11.4. The van der Waals surface area contributed by atoms with E-state index in [-0.39, 0.29) is 35.6 Å². The predicted molar refractivity (Wildman–Crippen MR) is 158 cm³/mol. The number of carboxylic acid groups (broad SMARTS) is 1. The van der Waals surface area contributed by atoms with E-state index in [0.717, 1.165) is 37.2 Å². The molecule has 11 nitrogen and oxygen atoms in total. The number of hydrogen-bond donors (Lipinski definition) is 2. The third-order valence-corrected chi connectivity index (χ3v) is 8.27. The highest BCUT2D eigenvalue weighted by atomic mass is 16.5. The van der Waals surface area contributed by atoms with Gasteiger partial charge in [-0.1, -0.05) is 43.3 Å². The lowest BCUT2D eigenvalue weighted by Gasteiger charge is -2.29. The van der Waals surface area contributed by atoms with Gasteiger partial charge in [-0.25, -0.2) is 19.3 Å². The van der Waals surface area contributed by atoms with Crippen molar-refractivity contribution < 1.29 is 19.4 Å². The molecule has 3 aromatic heterocycles. The molecule has 218 valence electrons. The first-order valence-corrected chi connectivity index (χ1v) is 14.3. The summed E-state index contributed by atoms with van der Waals surface area (Å²) in [6, 6.07) is 17.5. The molecule has 2 saturated heterocycles. The molecule has 11 heteroatoms. The van der Waals surface area contributed by atoms with E-state index in [2.05, 4.69) is 68.6 Å². The number of fused-ring (bicyclic) bond motifs is 1.